The molecule has 1 aromatic rings. The second-order valence-electron chi connectivity index (χ2n) is 3.16. The summed E-state index contributed by atoms with van der Waals surface area (Å²) in [7, 11) is 0. The maximum Gasteiger partial charge on any atom is 0.394 e. The zero-order chi connectivity index (χ0) is 11.9. The molecule has 0 nitrogen and oxygen atoms in total. The Kier molecular flexibility index (Phi) is 10.1. The Morgan fingerprint density at radius 2 is 1.56 bits per heavy atom. The van der Waals surface area contributed by atoms with Gasteiger partial charge in [0.15, 0.2) is 0 Å². The van der Waals surface area contributed by atoms with E-state index in [-0.39, 0.29) is 31.8 Å². The molecule has 1 aromatic carbocycles. The van der Waals surface area contributed by atoms with Gasteiger partial charge < -0.3 is 4.39 Å². The Bertz CT molecular complexity index is 256. The summed E-state index contributed by atoms with van der Waals surface area (Å²) in [5.74, 6) is 0.0926. The van der Waals surface area contributed by atoms with E-state index in [9.17, 15) is 17.6 Å². The Balaban J connectivity index is 0. The van der Waals surface area contributed by atoms with E-state index in [2.05, 4.69) is 6.07 Å². The third kappa shape index (κ3) is 9.07. The number of rotatable bonds is 1. The summed E-state index contributed by atoms with van der Waals surface area (Å²) in [4.78, 5) is 0. The molecule has 0 atom stereocenters. The van der Waals surface area contributed by atoms with Crippen LogP contribution in [0.3, 0.4) is 0 Å². The van der Waals surface area contributed by atoms with E-state index >= 15 is 0 Å². The molecule has 5 heteroatoms. The van der Waals surface area contributed by atoms with Crippen molar-refractivity contribution in [1.82, 2.24) is 0 Å². The minimum Gasteiger partial charge on any atom is -0.459 e. The summed E-state index contributed by atoms with van der Waals surface area (Å²) < 4.78 is 46.3. The van der Waals surface area contributed by atoms with Gasteiger partial charge in [-0.15, -0.1) is 5.92 Å². The van der Waals surface area contributed by atoms with Crippen molar-refractivity contribution >= 4 is 0 Å². The van der Waals surface area contributed by atoms with Crippen molar-refractivity contribution in [2.45, 2.75) is 20.0 Å². The number of halogens is 4. The number of benzene rings is 1. The summed E-state index contributed by atoms with van der Waals surface area (Å²) in [6, 6.07) is 6.95. The number of hydrogen-bond acceptors (Lipinski definition) is 0. The third-order valence-corrected chi connectivity index (χ3v) is 1.30. The predicted molar refractivity (Wildman–Crippen MR) is 50.5 cm³/mol. The quantitative estimate of drug-likeness (QED) is 0.376. The van der Waals surface area contributed by atoms with Gasteiger partial charge in [0.2, 0.25) is 0 Å². The molecule has 90 valence electrons. The Hall–Kier alpha value is -0.190. The van der Waals surface area contributed by atoms with Gasteiger partial charge in [0.25, 0.3) is 0 Å². The zero-order valence-electron chi connectivity index (χ0n) is 8.98. The van der Waals surface area contributed by atoms with Crippen LogP contribution in [-0.4, -0.2) is 0 Å². The zero-order valence-corrected chi connectivity index (χ0v) is 12.6. The van der Waals surface area contributed by atoms with Crippen LogP contribution in [0, 0.1) is 18.7 Å². The predicted octanol–water partition coefficient (Wildman–Crippen LogP) is 4.28. The topological polar surface area (TPSA) is 0 Å². The van der Waals surface area contributed by atoms with Crippen LogP contribution in [0.25, 0.3) is 0 Å². The maximum absolute atomic E-state index is 11.8. The number of hydrogen-bond donors (Lipinski definition) is 0. The molecule has 0 aliphatic rings. The molecule has 0 bridgehead atoms. The minimum atomic E-state index is -4.23. The second-order valence-corrected chi connectivity index (χ2v) is 3.16. The first kappa shape index (κ1) is 18.2. The third-order valence-electron chi connectivity index (χ3n) is 1.30. The van der Waals surface area contributed by atoms with Gasteiger partial charge in [-0.1, -0.05) is 19.4 Å². The molecule has 0 amide bonds. The standard InChI is InChI=1S/C7H4F3.C4H8F.Hf/c8-7(9,10)6-4-2-1-3-5-6;1-4(2)3-5;/h2-5H;3-4H,1-2H3;/q2*-1;. The number of alkyl halides is 3. The van der Waals surface area contributed by atoms with E-state index in [0.717, 1.165) is 12.1 Å². The van der Waals surface area contributed by atoms with Gasteiger partial charge in [-0.25, -0.2) is 0 Å². The Morgan fingerprint density at radius 3 is 1.75 bits per heavy atom. The molecule has 0 unspecified atom stereocenters. The molecule has 0 radical (unpaired) electrons. The molecule has 16 heavy (non-hydrogen) atoms. The van der Waals surface area contributed by atoms with Crippen LogP contribution in [0.2, 0.25) is 0 Å². The fraction of sp³-hybridized carbons (Fsp3) is 0.364. The van der Waals surface area contributed by atoms with Crippen LogP contribution in [0.5, 0.6) is 0 Å². The first-order chi connectivity index (χ1) is 6.88. The van der Waals surface area contributed by atoms with E-state index in [1.807, 2.05) is 0 Å². The average molecular weight is 399 g/mol. The normalized spacial score (nSPS) is 10.2. The smallest absolute Gasteiger partial charge is 0.394 e. The van der Waals surface area contributed by atoms with Gasteiger partial charge >= 0.3 is 6.18 Å². The van der Waals surface area contributed by atoms with E-state index in [4.69, 9.17) is 0 Å². The van der Waals surface area contributed by atoms with Crippen LogP contribution in [0.15, 0.2) is 24.3 Å². The largest absolute Gasteiger partial charge is 0.459 e. The Morgan fingerprint density at radius 1 is 1.19 bits per heavy atom. The van der Waals surface area contributed by atoms with Gasteiger partial charge in [-0.05, 0) is 0 Å². The van der Waals surface area contributed by atoms with Crippen molar-refractivity contribution < 1.29 is 43.4 Å². The summed E-state index contributed by atoms with van der Waals surface area (Å²) >= 11 is 0. The SMILES string of the molecule is CC(C)[CH-]F.FC(F)(F)c1cc[c-]cc1.[Hf]. The first-order valence-electron chi connectivity index (χ1n) is 4.34. The van der Waals surface area contributed by atoms with Crippen molar-refractivity contribution in [3.05, 3.63) is 42.6 Å². The van der Waals surface area contributed by atoms with Crippen LogP contribution in [-0.2, 0) is 32.0 Å². The molecule has 0 aliphatic carbocycles. The average Bonchev–Trinajstić information content (AvgIpc) is 2.19. The molecular formula is C11H12F4Hf-2. The van der Waals surface area contributed by atoms with Crippen LogP contribution >= 0.6 is 0 Å². The first-order valence-corrected chi connectivity index (χ1v) is 4.34. The molecule has 0 spiro atoms. The van der Waals surface area contributed by atoms with E-state index in [1.54, 1.807) is 13.8 Å². The molecule has 0 fully saturated rings. The summed E-state index contributed by atoms with van der Waals surface area (Å²) in [6.45, 7) is 4.25. The van der Waals surface area contributed by atoms with Gasteiger partial charge in [-0.2, -0.15) is 50.2 Å². The molecule has 0 aromatic heterocycles. The maximum atomic E-state index is 11.8. The van der Waals surface area contributed by atoms with Crippen molar-refractivity contribution in [2.75, 3.05) is 0 Å². The van der Waals surface area contributed by atoms with Crippen LogP contribution in [0.4, 0.5) is 17.6 Å². The van der Waals surface area contributed by atoms with Gasteiger partial charge in [0.05, 0.1) is 0 Å². The molecule has 0 saturated heterocycles. The van der Waals surface area contributed by atoms with Gasteiger partial charge in [-0.3, -0.25) is 0 Å². The molecule has 0 aliphatic heterocycles. The molecular weight excluding hydrogens is 387 g/mol. The Labute approximate surface area is 112 Å². The molecule has 1 rings (SSSR count). The van der Waals surface area contributed by atoms with Crippen molar-refractivity contribution in [3.8, 4) is 0 Å². The molecule has 0 N–H and O–H groups in total. The second kappa shape index (κ2) is 8.90. The summed E-state index contributed by atoms with van der Waals surface area (Å²) in [6.07, 6.45) is -4.23. The van der Waals surface area contributed by atoms with Gasteiger partial charge in [0.1, 0.15) is 0 Å². The monoisotopic (exact) mass is 400 g/mol. The van der Waals surface area contributed by atoms with Crippen LogP contribution in [0.1, 0.15) is 19.4 Å². The summed E-state index contributed by atoms with van der Waals surface area (Å²) in [5.41, 5.74) is -0.633. The van der Waals surface area contributed by atoms with Gasteiger partial charge in [0, 0.05) is 25.8 Å². The fourth-order valence-corrected chi connectivity index (χ4v) is 0.576. The minimum absolute atomic E-state index is 0. The van der Waals surface area contributed by atoms with Crippen molar-refractivity contribution in [3.63, 3.8) is 0 Å². The van der Waals surface area contributed by atoms with Crippen molar-refractivity contribution in [1.29, 1.82) is 0 Å². The fourth-order valence-electron chi connectivity index (χ4n) is 0.576. The van der Waals surface area contributed by atoms with E-state index in [1.165, 1.54) is 12.1 Å². The molecule has 0 saturated carbocycles. The summed E-state index contributed by atoms with van der Waals surface area (Å²) in [5, 5.41) is 0. The van der Waals surface area contributed by atoms with E-state index in [0.29, 0.717) is 6.67 Å². The van der Waals surface area contributed by atoms with E-state index < -0.39 is 11.7 Å². The van der Waals surface area contributed by atoms with Crippen LogP contribution < -0.4 is 0 Å². The molecule has 0 heterocycles. The van der Waals surface area contributed by atoms with Crippen molar-refractivity contribution in [2.24, 2.45) is 5.92 Å².